The normalized spacial score (nSPS) is 11.2. The van der Waals surface area contributed by atoms with Crippen LogP contribution in [0.3, 0.4) is 0 Å². The van der Waals surface area contributed by atoms with E-state index >= 15 is 0 Å². The van der Waals surface area contributed by atoms with Gasteiger partial charge in [-0.25, -0.2) is 4.98 Å². The number of hydrogen-bond acceptors (Lipinski definition) is 3. The number of benzene rings is 2. The van der Waals surface area contributed by atoms with Gasteiger partial charge in [0.05, 0.1) is 15.9 Å². The first-order valence-corrected chi connectivity index (χ1v) is 10.3. The Kier molecular flexibility index (Phi) is 5.26. The van der Waals surface area contributed by atoms with E-state index in [0.717, 1.165) is 27.3 Å². The zero-order chi connectivity index (χ0) is 19.5. The van der Waals surface area contributed by atoms with Crippen LogP contribution >= 0.6 is 11.3 Å². The Morgan fingerprint density at radius 3 is 2.50 bits per heavy atom. The van der Waals surface area contributed by atoms with Gasteiger partial charge in [-0.05, 0) is 43.0 Å². The predicted molar refractivity (Wildman–Crippen MR) is 115 cm³/mol. The van der Waals surface area contributed by atoms with E-state index in [1.165, 1.54) is 0 Å². The maximum Gasteiger partial charge on any atom is 0.243 e. The molecule has 0 aliphatic carbocycles. The minimum Gasteiger partial charge on any atom is -0.334 e. The van der Waals surface area contributed by atoms with Crippen LogP contribution in [0.2, 0.25) is 0 Å². The van der Waals surface area contributed by atoms with Crippen molar-refractivity contribution < 1.29 is 4.79 Å². The first-order chi connectivity index (χ1) is 13.6. The molecule has 0 saturated heterocycles. The highest BCUT2D eigenvalue weighted by Crippen LogP contribution is 2.28. The molecule has 0 fully saturated rings. The van der Waals surface area contributed by atoms with Gasteiger partial charge in [0.1, 0.15) is 6.54 Å². The SMILES string of the molecule is CC(C)N(Cc1ccccc1)C(=O)Cn1c(-c2cccs2)nc2ccccc21. The summed E-state index contributed by atoms with van der Waals surface area (Å²) in [5.74, 6) is 0.952. The molecule has 2 heterocycles. The van der Waals surface area contributed by atoms with Crippen molar-refractivity contribution in [1.29, 1.82) is 0 Å². The Labute approximate surface area is 169 Å². The smallest absolute Gasteiger partial charge is 0.243 e. The fourth-order valence-electron chi connectivity index (χ4n) is 3.39. The zero-order valence-corrected chi connectivity index (χ0v) is 16.9. The van der Waals surface area contributed by atoms with Crippen molar-refractivity contribution in [3.05, 3.63) is 77.7 Å². The van der Waals surface area contributed by atoms with Crippen LogP contribution in [-0.4, -0.2) is 26.4 Å². The number of imidazole rings is 1. The molecular weight excluding hydrogens is 366 g/mol. The number of carbonyl (C=O) groups excluding carboxylic acids is 1. The molecule has 0 spiro atoms. The lowest BCUT2D eigenvalue weighted by Crippen LogP contribution is -2.38. The van der Waals surface area contributed by atoms with Crippen molar-refractivity contribution in [2.24, 2.45) is 0 Å². The van der Waals surface area contributed by atoms with Crippen LogP contribution in [0.4, 0.5) is 0 Å². The summed E-state index contributed by atoms with van der Waals surface area (Å²) in [5.41, 5.74) is 3.04. The minimum absolute atomic E-state index is 0.0970. The van der Waals surface area contributed by atoms with E-state index in [2.05, 4.69) is 32.0 Å². The summed E-state index contributed by atoms with van der Waals surface area (Å²) >= 11 is 1.64. The van der Waals surface area contributed by atoms with E-state index in [1.807, 2.05) is 63.4 Å². The third-order valence-electron chi connectivity index (χ3n) is 4.83. The van der Waals surface area contributed by atoms with Gasteiger partial charge < -0.3 is 9.47 Å². The molecule has 0 N–H and O–H groups in total. The Bertz CT molecular complexity index is 1070. The van der Waals surface area contributed by atoms with E-state index < -0.39 is 0 Å². The third kappa shape index (κ3) is 3.71. The maximum atomic E-state index is 13.3. The number of amides is 1. The Morgan fingerprint density at radius 2 is 1.79 bits per heavy atom. The molecule has 4 aromatic rings. The Balaban J connectivity index is 1.68. The first-order valence-electron chi connectivity index (χ1n) is 9.46. The predicted octanol–water partition coefficient (Wildman–Crippen LogP) is 5.20. The largest absolute Gasteiger partial charge is 0.334 e. The molecule has 0 unspecified atom stereocenters. The van der Waals surface area contributed by atoms with E-state index in [1.54, 1.807) is 11.3 Å². The summed E-state index contributed by atoms with van der Waals surface area (Å²) in [7, 11) is 0. The second kappa shape index (κ2) is 7.98. The molecule has 0 radical (unpaired) electrons. The summed E-state index contributed by atoms with van der Waals surface area (Å²) in [6, 6.07) is 22.3. The molecule has 28 heavy (non-hydrogen) atoms. The highest BCUT2D eigenvalue weighted by molar-refractivity contribution is 7.13. The number of thiophene rings is 1. The molecular formula is C23H23N3OS. The molecule has 1 amide bonds. The highest BCUT2D eigenvalue weighted by Gasteiger charge is 2.21. The first kappa shape index (κ1) is 18.4. The van der Waals surface area contributed by atoms with Gasteiger partial charge in [-0.3, -0.25) is 4.79 Å². The monoisotopic (exact) mass is 389 g/mol. The van der Waals surface area contributed by atoms with Gasteiger partial charge in [-0.15, -0.1) is 11.3 Å². The number of fused-ring (bicyclic) bond motifs is 1. The van der Waals surface area contributed by atoms with Gasteiger partial charge >= 0.3 is 0 Å². The van der Waals surface area contributed by atoms with Gasteiger partial charge in [0.25, 0.3) is 0 Å². The van der Waals surface area contributed by atoms with E-state index in [0.29, 0.717) is 6.54 Å². The number of rotatable bonds is 6. The number of hydrogen-bond donors (Lipinski definition) is 0. The summed E-state index contributed by atoms with van der Waals surface area (Å²) in [6.07, 6.45) is 0. The number of para-hydroxylation sites is 2. The maximum absolute atomic E-state index is 13.3. The fraction of sp³-hybridized carbons (Fsp3) is 0.217. The van der Waals surface area contributed by atoms with Crippen molar-refractivity contribution in [3.63, 3.8) is 0 Å². The van der Waals surface area contributed by atoms with Crippen molar-refractivity contribution in [1.82, 2.24) is 14.5 Å². The van der Waals surface area contributed by atoms with E-state index in [4.69, 9.17) is 4.98 Å². The second-order valence-electron chi connectivity index (χ2n) is 7.09. The zero-order valence-electron chi connectivity index (χ0n) is 16.1. The molecule has 4 nitrogen and oxygen atoms in total. The second-order valence-corrected chi connectivity index (χ2v) is 8.04. The lowest BCUT2D eigenvalue weighted by atomic mass is 10.2. The molecule has 0 bridgehead atoms. The number of aromatic nitrogens is 2. The van der Waals surface area contributed by atoms with Crippen molar-refractivity contribution >= 4 is 28.3 Å². The summed E-state index contributed by atoms with van der Waals surface area (Å²) < 4.78 is 2.05. The van der Waals surface area contributed by atoms with Gasteiger partial charge in [-0.1, -0.05) is 48.5 Å². The molecule has 2 aromatic heterocycles. The van der Waals surface area contributed by atoms with Gasteiger partial charge in [0.2, 0.25) is 5.91 Å². The van der Waals surface area contributed by atoms with Gasteiger partial charge in [0, 0.05) is 12.6 Å². The fourth-order valence-corrected chi connectivity index (χ4v) is 4.12. The quantitative estimate of drug-likeness (QED) is 0.454. The van der Waals surface area contributed by atoms with Crippen LogP contribution in [0.15, 0.2) is 72.1 Å². The van der Waals surface area contributed by atoms with Crippen LogP contribution in [-0.2, 0) is 17.9 Å². The minimum atomic E-state index is 0.0970. The number of carbonyl (C=O) groups is 1. The van der Waals surface area contributed by atoms with E-state index in [9.17, 15) is 4.79 Å². The van der Waals surface area contributed by atoms with Crippen LogP contribution in [0, 0.1) is 0 Å². The van der Waals surface area contributed by atoms with Gasteiger partial charge in [0.15, 0.2) is 5.82 Å². The Morgan fingerprint density at radius 1 is 1.04 bits per heavy atom. The third-order valence-corrected chi connectivity index (χ3v) is 5.69. The molecule has 0 aliphatic heterocycles. The average molecular weight is 390 g/mol. The van der Waals surface area contributed by atoms with Crippen LogP contribution < -0.4 is 0 Å². The molecule has 0 atom stereocenters. The van der Waals surface area contributed by atoms with Crippen molar-refractivity contribution in [2.45, 2.75) is 33.0 Å². The topological polar surface area (TPSA) is 38.1 Å². The molecule has 142 valence electrons. The standard InChI is InChI=1S/C23H23N3OS/c1-17(2)25(15-18-9-4-3-5-10-18)22(27)16-26-20-12-7-6-11-19(20)24-23(26)21-13-8-14-28-21/h3-14,17H,15-16H2,1-2H3. The molecule has 0 saturated carbocycles. The summed E-state index contributed by atoms with van der Waals surface area (Å²) in [6.45, 7) is 5.01. The van der Waals surface area contributed by atoms with Gasteiger partial charge in [-0.2, -0.15) is 0 Å². The highest BCUT2D eigenvalue weighted by atomic mass is 32.1. The van der Waals surface area contributed by atoms with Crippen molar-refractivity contribution in [3.8, 4) is 10.7 Å². The molecule has 2 aromatic carbocycles. The average Bonchev–Trinajstić information content (AvgIpc) is 3.35. The number of nitrogens with zero attached hydrogens (tertiary/aromatic N) is 3. The van der Waals surface area contributed by atoms with Crippen LogP contribution in [0.25, 0.3) is 21.7 Å². The molecule has 5 heteroatoms. The van der Waals surface area contributed by atoms with Crippen LogP contribution in [0.5, 0.6) is 0 Å². The van der Waals surface area contributed by atoms with Crippen molar-refractivity contribution in [2.75, 3.05) is 0 Å². The molecule has 4 rings (SSSR count). The molecule has 0 aliphatic rings. The van der Waals surface area contributed by atoms with E-state index in [-0.39, 0.29) is 18.5 Å². The Hall–Kier alpha value is -2.92. The summed E-state index contributed by atoms with van der Waals surface area (Å²) in [4.78, 5) is 21.1. The lowest BCUT2D eigenvalue weighted by molar-refractivity contribution is -0.134. The van der Waals surface area contributed by atoms with Crippen LogP contribution in [0.1, 0.15) is 19.4 Å². The lowest BCUT2D eigenvalue weighted by Gasteiger charge is -2.27. The summed E-state index contributed by atoms with van der Waals surface area (Å²) in [5, 5.41) is 2.04.